The zero-order valence-corrected chi connectivity index (χ0v) is 17.0. The molecule has 0 spiro atoms. The fourth-order valence-corrected chi connectivity index (χ4v) is 3.20. The number of carbonyl (C=O) groups is 1. The first-order valence-corrected chi connectivity index (χ1v) is 9.57. The van der Waals surface area contributed by atoms with Gasteiger partial charge in [0.15, 0.2) is 6.61 Å². The van der Waals surface area contributed by atoms with Gasteiger partial charge in [-0.05, 0) is 40.2 Å². The zero-order valence-electron chi connectivity index (χ0n) is 15.4. The van der Waals surface area contributed by atoms with Gasteiger partial charge >= 0.3 is 6.18 Å². The number of nitro groups is 1. The molecule has 160 valence electrons. The summed E-state index contributed by atoms with van der Waals surface area (Å²) in [6.45, 7) is -0.0864. The van der Waals surface area contributed by atoms with Crippen molar-refractivity contribution in [3.8, 4) is 5.75 Å². The fraction of sp³-hybridized carbons (Fsp3) is 0.333. The van der Waals surface area contributed by atoms with Gasteiger partial charge in [0.05, 0.1) is 4.92 Å². The molecule has 30 heavy (non-hydrogen) atoms. The average molecular weight is 489 g/mol. The van der Waals surface area contributed by atoms with Gasteiger partial charge in [-0.2, -0.15) is 13.2 Å². The maximum absolute atomic E-state index is 12.9. The van der Waals surface area contributed by atoms with Crippen molar-refractivity contribution in [3.05, 3.63) is 56.7 Å². The van der Waals surface area contributed by atoms with Crippen LogP contribution in [0.1, 0.15) is 10.4 Å². The number of halogens is 4. The summed E-state index contributed by atoms with van der Waals surface area (Å²) in [5.74, 6) is -0.166. The van der Waals surface area contributed by atoms with Crippen molar-refractivity contribution in [1.29, 1.82) is 0 Å². The number of benzene rings is 1. The number of ether oxygens (including phenoxy) is 1. The van der Waals surface area contributed by atoms with Crippen LogP contribution >= 0.6 is 15.9 Å². The quantitative estimate of drug-likeness (QED) is 0.471. The van der Waals surface area contributed by atoms with Crippen LogP contribution in [0.3, 0.4) is 0 Å². The number of hydrogen-bond donors (Lipinski definition) is 0. The van der Waals surface area contributed by atoms with Crippen molar-refractivity contribution in [2.24, 2.45) is 0 Å². The lowest BCUT2D eigenvalue weighted by Crippen LogP contribution is -2.49. The molecule has 0 aliphatic carbocycles. The first kappa shape index (κ1) is 21.8. The number of alkyl halides is 3. The fourth-order valence-electron chi connectivity index (χ4n) is 2.96. The van der Waals surface area contributed by atoms with Crippen LogP contribution in [0.25, 0.3) is 0 Å². The third kappa shape index (κ3) is 5.38. The Morgan fingerprint density at radius 3 is 2.47 bits per heavy atom. The summed E-state index contributed by atoms with van der Waals surface area (Å²) in [6, 6.07) is 6.66. The number of nitro benzene ring substituents is 1. The van der Waals surface area contributed by atoms with E-state index in [2.05, 4.69) is 25.7 Å². The van der Waals surface area contributed by atoms with Gasteiger partial charge in [0.2, 0.25) is 0 Å². The van der Waals surface area contributed by atoms with Gasteiger partial charge in [0.25, 0.3) is 11.6 Å². The number of pyridine rings is 1. The first-order valence-electron chi connectivity index (χ1n) is 8.78. The number of rotatable bonds is 5. The Bertz CT molecular complexity index is 932. The Labute approximate surface area is 177 Å². The minimum absolute atomic E-state index is 0.265. The van der Waals surface area contributed by atoms with E-state index in [1.54, 1.807) is 6.20 Å². The van der Waals surface area contributed by atoms with E-state index in [9.17, 15) is 28.1 Å². The number of nitrogens with zero attached hydrogens (tertiary/aromatic N) is 4. The highest BCUT2D eigenvalue weighted by Crippen LogP contribution is 2.27. The van der Waals surface area contributed by atoms with E-state index >= 15 is 0 Å². The standard InChI is InChI=1S/C18H16BrF3N4O4/c19-12-1-4-16(23-10-12)24-5-7-25(8-6-24)17(27)14-9-13(30-11-18(20,21)22)2-3-15(14)26(28)29/h1-4,9-10H,5-8,11H2. The molecule has 1 aliphatic heterocycles. The Balaban J connectivity index is 1.73. The van der Waals surface area contributed by atoms with Crippen molar-refractivity contribution in [3.63, 3.8) is 0 Å². The second-order valence-corrected chi connectivity index (χ2v) is 7.37. The predicted molar refractivity (Wildman–Crippen MR) is 105 cm³/mol. The zero-order chi connectivity index (χ0) is 21.9. The summed E-state index contributed by atoms with van der Waals surface area (Å²) >= 11 is 3.31. The molecule has 8 nitrogen and oxygen atoms in total. The Morgan fingerprint density at radius 1 is 1.20 bits per heavy atom. The Morgan fingerprint density at radius 2 is 1.90 bits per heavy atom. The van der Waals surface area contributed by atoms with E-state index in [1.165, 1.54) is 4.90 Å². The van der Waals surface area contributed by atoms with E-state index in [0.29, 0.717) is 13.1 Å². The van der Waals surface area contributed by atoms with Crippen LogP contribution in [0.15, 0.2) is 41.0 Å². The lowest BCUT2D eigenvalue weighted by Gasteiger charge is -2.35. The van der Waals surface area contributed by atoms with E-state index < -0.39 is 29.3 Å². The van der Waals surface area contributed by atoms with Crippen LogP contribution < -0.4 is 9.64 Å². The van der Waals surface area contributed by atoms with Crippen molar-refractivity contribution in [2.75, 3.05) is 37.7 Å². The average Bonchev–Trinajstić information content (AvgIpc) is 2.71. The van der Waals surface area contributed by atoms with Crippen LogP contribution in [0.2, 0.25) is 0 Å². The van der Waals surface area contributed by atoms with Crippen molar-refractivity contribution in [1.82, 2.24) is 9.88 Å². The smallest absolute Gasteiger partial charge is 0.422 e. The first-order chi connectivity index (χ1) is 14.1. The van der Waals surface area contributed by atoms with Crippen LogP contribution in [0, 0.1) is 10.1 Å². The minimum atomic E-state index is -4.57. The molecule has 0 radical (unpaired) electrons. The molecule has 1 fully saturated rings. The molecule has 0 atom stereocenters. The second kappa shape index (κ2) is 8.86. The maximum Gasteiger partial charge on any atom is 0.422 e. The molecular formula is C18H16BrF3N4O4. The van der Waals surface area contributed by atoms with E-state index in [0.717, 1.165) is 28.5 Å². The van der Waals surface area contributed by atoms with E-state index in [4.69, 9.17) is 0 Å². The molecule has 0 bridgehead atoms. The summed E-state index contributed by atoms with van der Waals surface area (Å²) < 4.78 is 42.6. The number of aromatic nitrogens is 1. The van der Waals surface area contributed by atoms with E-state index in [1.807, 2.05) is 17.0 Å². The summed E-state index contributed by atoms with van der Waals surface area (Å²) in [5, 5.41) is 11.3. The van der Waals surface area contributed by atoms with Crippen LogP contribution in [0.4, 0.5) is 24.7 Å². The van der Waals surface area contributed by atoms with Crippen LogP contribution in [-0.4, -0.2) is 59.7 Å². The van der Waals surface area contributed by atoms with Gasteiger partial charge in [-0.15, -0.1) is 0 Å². The summed E-state index contributed by atoms with van der Waals surface area (Å²) in [5.41, 5.74) is -0.800. The highest BCUT2D eigenvalue weighted by atomic mass is 79.9. The molecule has 1 aromatic heterocycles. The molecule has 1 aliphatic rings. The minimum Gasteiger partial charge on any atom is -0.484 e. The molecule has 0 unspecified atom stereocenters. The SMILES string of the molecule is O=C(c1cc(OCC(F)(F)F)ccc1[N+](=O)[O-])N1CCN(c2ccc(Br)cn2)CC1. The predicted octanol–water partition coefficient (Wildman–Crippen LogP) is 3.66. The largest absolute Gasteiger partial charge is 0.484 e. The monoisotopic (exact) mass is 488 g/mol. The summed E-state index contributed by atoms with van der Waals surface area (Å²) in [4.78, 5) is 31.1. The number of hydrogen-bond acceptors (Lipinski definition) is 6. The van der Waals surface area contributed by atoms with Crippen molar-refractivity contribution < 1.29 is 27.6 Å². The second-order valence-electron chi connectivity index (χ2n) is 6.45. The summed E-state index contributed by atoms with van der Waals surface area (Å²) in [7, 11) is 0. The molecule has 12 heteroatoms. The highest BCUT2D eigenvalue weighted by molar-refractivity contribution is 9.10. The van der Waals surface area contributed by atoms with Crippen molar-refractivity contribution in [2.45, 2.75) is 6.18 Å². The maximum atomic E-state index is 12.9. The van der Waals surface area contributed by atoms with Gasteiger partial charge in [-0.3, -0.25) is 14.9 Å². The third-order valence-corrected chi connectivity index (χ3v) is 4.87. The summed E-state index contributed by atoms with van der Waals surface area (Å²) in [6.07, 6.45) is -2.91. The molecule has 1 amide bonds. The van der Waals surface area contributed by atoms with Gasteiger partial charge in [0.1, 0.15) is 17.1 Å². The molecular weight excluding hydrogens is 473 g/mol. The number of amides is 1. The topological polar surface area (TPSA) is 88.8 Å². The van der Waals surface area contributed by atoms with Crippen LogP contribution in [0.5, 0.6) is 5.75 Å². The number of carbonyl (C=O) groups excluding carboxylic acids is 1. The number of piperazine rings is 1. The van der Waals surface area contributed by atoms with Gasteiger partial charge < -0.3 is 14.5 Å². The molecule has 0 saturated carbocycles. The lowest BCUT2D eigenvalue weighted by atomic mass is 10.1. The lowest BCUT2D eigenvalue weighted by molar-refractivity contribution is -0.385. The Hall–Kier alpha value is -2.89. The van der Waals surface area contributed by atoms with Gasteiger partial charge in [-0.25, -0.2) is 4.98 Å². The molecule has 0 N–H and O–H groups in total. The molecule has 1 aromatic carbocycles. The molecule has 2 heterocycles. The van der Waals surface area contributed by atoms with E-state index in [-0.39, 0.29) is 24.4 Å². The van der Waals surface area contributed by atoms with Gasteiger partial charge in [-0.1, -0.05) is 0 Å². The number of anilines is 1. The van der Waals surface area contributed by atoms with Gasteiger partial charge in [0, 0.05) is 42.9 Å². The Kier molecular flexibility index (Phi) is 6.44. The van der Waals surface area contributed by atoms with Crippen LogP contribution in [-0.2, 0) is 0 Å². The van der Waals surface area contributed by atoms with Crippen molar-refractivity contribution >= 4 is 33.3 Å². The highest BCUT2D eigenvalue weighted by Gasteiger charge is 2.31. The normalized spacial score (nSPS) is 14.5. The molecule has 2 aromatic rings. The molecule has 3 rings (SSSR count). The molecule has 1 saturated heterocycles. The third-order valence-electron chi connectivity index (χ3n) is 4.40.